The maximum Gasteiger partial charge on any atom is 0.343 e. The molecule has 0 fully saturated rings. The fourth-order valence-electron chi connectivity index (χ4n) is 2.05. The number of methoxy groups -OCH3 is 2. The molecule has 132 valence electrons. The van der Waals surface area contributed by atoms with E-state index in [-0.39, 0.29) is 23.7 Å². The highest BCUT2D eigenvalue weighted by Crippen LogP contribution is 2.33. The Labute approximate surface area is 142 Å². The average molecular weight is 348 g/mol. The number of benzene rings is 1. The number of carbonyl (C=O) groups is 1. The number of esters is 1. The van der Waals surface area contributed by atoms with E-state index in [1.54, 1.807) is 24.3 Å². The molecule has 25 heavy (non-hydrogen) atoms. The van der Waals surface area contributed by atoms with Gasteiger partial charge in [-0.2, -0.15) is 0 Å². The zero-order valence-corrected chi connectivity index (χ0v) is 13.8. The largest absolute Gasteiger partial charge is 0.493 e. The first-order chi connectivity index (χ1) is 12.0. The Morgan fingerprint density at radius 1 is 1.36 bits per heavy atom. The molecular formula is C16H16N2O7. The minimum Gasteiger partial charge on any atom is -0.493 e. The standard InChI is InChI=1S/C16H16N2O7/c1-10-15(18(20)21)12(25-17-10)8-7-11-5-4-6-13(22-2)16(11)24-9-14(19)23-3/h4-8H,9H2,1-3H3/b8-7-. The summed E-state index contributed by atoms with van der Waals surface area (Å²) in [6.07, 6.45) is 2.94. The van der Waals surface area contributed by atoms with E-state index in [4.69, 9.17) is 14.0 Å². The first-order valence-electron chi connectivity index (χ1n) is 7.13. The third kappa shape index (κ3) is 4.14. The van der Waals surface area contributed by atoms with Crippen molar-refractivity contribution < 1.29 is 28.5 Å². The molecule has 0 aliphatic rings. The van der Waals surface area contributed by atoms with Gasteiger partial charge in [-0.25, -0.2) is 4.79 Å². The summed E-state index contributed by atoms with van der Waals surface area (Å²) in [5.74, 6) is 0.145. The van der Waals surface area contributed by atoms with Gasteiger partial charge in [-0.05, 0) is 25.1 Å². The van der Waals surface area contributed by atoms with Gasteiger partial charge in [-0.3, -0.25) is 10.1 Å². The van der Waals surface area contributed by atoms with Gasteiger partial charge in [0.05, 0.1) is 19.1 Å². The van der Waals surface area contributed by atoms with E-state index in [9.17, 15) is 14.9 Å². The number of rotatable bonds is 7. The Balaban J connectivity index is 2.36. The number of nitrogens with zero attached hydrogens (tertiary/aromatic N) is 2. The van der Waals surface area contributed by atoms with Crippen molar-refractivity contribution in [3.8, 4) is 11.5 Å². The maximum atomic E-state index is 11.3. The third-order valence-electron chi connectivity index (χ3n) is 3.25. The van der Waals surface area contributed by atoms with Gasteiger partial charge in [0.1, 0.15) is 0 Å². The lowest BCUT2D eigenvalue weighted by Crippen LogP contribution is -2.13. The summed E-state index contributed by atoms with van der Waals surface area (Å²) in [6, 6.07) is 5.06. The molecule has 1 aromatic carbocycles. The van der Waals surface area contributed by atoms with E-state index in [0.717, 1.165) is 0 Å². The summed E-state index contributed by atoms with van der Waals surface area (Å²) >= 11 is 0. The quantitative estimate of drug-likeness (QED) is 0.426. The van der Waals surface area contributed by atoms with Crippen molar-refractivity contribution in [3.63, 3.8) is 0 Å². The Morgan fingerprint density at radius 2 is 2.12 bits per heavy atom. The predicted octanol–water partition coefficient (Wildman–Crippen LogP) is 2.62. The third-order valence-corrected chi connectivity index (χ3v) is 3.25. The SMILES string of the molecule is COC(=O)COc1c(/C=C\c2onc(C)c2[N+](=O)[O-])cccc1OC. The van der Waals surface area contributed by atoms with Crippen LogP contribution in [0, 0.1) is 17.0 Å². The van der Waals surface area contributed by atoms with E-state index >= 15 is 0 Å². The van der Waals surface area contributed by atoms with Gasteiger partial charge in [0, 0.05) is 5.56 Å². The van der Waals surface area contributed by atoms with Crippen molar-refractivity contribution in [1.29, 1.82) is 0 Å². The zero-order valence-electron chi connectivity index (χ0n) is 13.8. The maximum absolute atomic E-state index is 11.3. The zero-order chi connectivity index (χ0) is 18.4. The fraction of sp³-hybridized carbons (Fsp3) is 0.250. The normalized spacial score (nSPS) is 10.7. The van der Waals surface area contributed by atoms with Crippen LogP contribution in [0.3, 0.4) is 0 Å². The van der Waals surface area contributed by atoms with Gasteiger partial charge in [0.15, 0.2) is 23.8 Å². The Bertz CT molecular complexity index is 811. The average Bonchev–Trinajstić information content (AvgIpc) is 2.98. The summed E-state index contributed by atoms with van der Waals surface area (Å²) in [5.41, 5.74) is 0.500. The highest BCUT2D eigenvalue weighted by Gasteiger charge is 2.22. The second-order valence-corrected chi connectivity index (χ2v) is 4.81. The second-order valence-electron chi connectivity index (χ2n) is 4.81. The Kier molecular flexibility index (Phi) is 5.72. The molecule has 0 aliphatic carbocycles. The van der Waals surface area contributed by atoms with Crippen LogP contribution in [0.25, 0.3) is 12.2 Å². The summed E-state index contributed by atoms with van der Waals surface area (Å²) in [4.78, 5) is 21.8. The number of ether oxygens (including phenoxy) is 3. The van der Waals surface area contributed by atoms with Gasteiger partial charge in [-0.15, -0.1) is 0 Å². The lowest BCUT2D eigenvalue weighted by molar-refractivity contribution is -0.386. The molecule has 2 rings (SSSR count). The molecule has 9 nitrogen and oxygen atoms in total. The molecule has 1 aromatic heterocycles. The van der Waals surface area contributed by atoms with E-state index in [2.05, 4.69) is 9.89 Å². The van der Waals surface area contributed by atoms with Gasteiger partial charge < -0.3 is 18.7 Å². The first kappa shape index (κ1) is 18.0. The van der Waals surface area contributed by atoms with Crippen molar-refractivity contribution in [2.24, 2.45) is 0 Å². The number of aromatic nitrogens is 1. The van der Waals surface area contributed by atoms with Crippen LogP contribution in [-0.4, -0.2) is 36.9 Å². The van der Waals surface area contributed by atoms with Crippen LogP contribution in [0.2, 0.25) is 0 Å². The molecule has 9 heteroatoms. The van der Waals surface area contributed by atoms with Crippen molar-refractivity contribution in [2.75, 3.05) is 20.8 Å². The van der Waals surface area contributed by atoms with Crippen molar-refractivity contribution >= 4 is 23.8 Å². The van der Waals surface area contributed by atoms with E-state index < -0.39 is 10.9 Å². The first-order valence-corrected chi connectivity index (χ1v) is 7.13. The summed E-state index contributed by atoms with van der Waals surface area (Å²) in [6.45, 7) is 1.18. The van der Waals surface area contributed by atoms with Crippen LogP contribution in [0.15, 0.2) is 22.7 Å². The molecule has 0 bridgehead atoms. The second kappa shape index (κ2) is 7.95. The number of para-hydroxylation sites is 1. The van der Waals surface area contributed by atoms with Gasteiger partial charge in [-0.1, -0.05) is 17.3 Å². The van der Waals surface area contributed by atoms with Crippen LogP contribution in [0.4, 0.5) is 5.69 Å². The molecule has 0 spiro atoms. The molecule has 0 saturated carbocycles. The number of hydrogen-bond donors (Lipinski definition) is 0. The van der Waals surface area contributed by atoms with Crippen molar-refractivity contribution in [1.82, 2.24) is 5.16 Å². The number of carbonyl (C=O) groups excluding carboxylic acids is 1. The van der Waals surface area contributed by atoms with Crippen molar-refractivity contribution in [2.45, 2.75) is 6.92 Å². The number of nitro groups is 1. The van der Waals surface area contributed by atoms with Crippen LogP contribution >= 0.6 is 0 Å². The number of hydrogen-bond acceptors (Lipinski definition) is 8. The summed E-state index contributed by atoms with van der Waals surface area (Å²) in [7, 11) is 2.71. The number of aryl methyl sites for hydroxylation is 1. The van der Waals surface area contributed by atoms with Gasteiger partial charge in [0.25, 0.3) is 0 Å². The van der Waals surface area contributed by atoms with Crippen LogP contribution in [0.1, 0.15) is 17.0 Å². The molecule has 0 unspecified atom stereocenters. The lowest BCUT2D eigenvalue weighted by atomic mass is 10.1. The molecule has 0 N–H and O–H groups in total. The minimum atomic E-state index is -0.564. The van der Waals surface area contributed by atoms with Crippen LogP contribution < -0.4 is 9.47 Å². The Morgan fingerprint density at radius 3 is 2.76 bits per heavy atom. The molecular weight excluding hydrogens is 332 g/mol. The van der Waals surface area contributed by atoms with E-state index in [0.29, 0.717) is 17.1 Å². The molecule has 0 atom stereocenters. The molecule has 0 aliphatic heterocycles. The highest BCUT2D eigenvalue weighted by molar-refractivity contribution is 5.76. The van der Waals surface area contributed by atoms with E-state index in [1.807, 2.05) is 0 Å². The van der Waals surface area contributed by atoms with E-state index in [1.165, 1.54) is 27.2 Å². The lowest BCUT2D eigenvalue weighted by Gasteiger charge is -2.12. The summed E-state index contributed by atoms with van der Waals surface area (Å²) < 4.78 is 20.2. The molecule has 0 amide bonds. The smallest absolute Gasteiger partial charge is 0.343 e. The highest BCUT2D eigenvalue weighted by atomic mass is 16.6. The summed E-state index contributed by atoms with van der Waals surface area (Å²) in [5, 5.41) is 14.7. The fourth-order valence-corrected chi connectivity index (χ4v) is 2.05. The minimum absolute atomic E-state index is 0.00392. The van der Waals surface area contributed by atoms with Crippen molar-refractivity contribution in [3.05, 3.63) is 45.3 Å². The van der Waals surface area contributed by atoms with Gasteiger partial charge in [0.2, 0.25) is 5.76 Å². The topological polar surface area (TPSA) is 114 Å². The monoisotopic (exact) mass is 348 g/mol. The molecule has 0 saturated heterocycles. The molecule has 1 heterocycles. The van der Waals surface area contributed by atoms with Gasteiger partial charge >= 0.3 is 11.7 Å². The predicted molar refractivity (Wildman–Crippen MR) is 87.3 cm³/mol. The molecule has 2 aromatic rings. The Hall–Kier alpha value is -3.36. The van der Waals surface area contributed by atoms with Crippen LogP contribution in [0.5, 0.6) is 11.5 Å². The molecule has 0 radical (unpaired) electrons. The van der Waals surface area contributed by atoms with Crippen LogP contribution in [-0.2, 0) is 9.53 Å².